The van der Waals surface area contributed by atoms with Gasteiger partial charge in [0.2, 0.25) is 11.8 Å². The molecular weight excluding hydrogens is 461 g/mol. The van der Waals surface area contributed by atoms with E-state index in [1.165, 1.54) is 12.1 Å². The fraction of sp³-hybridized carbons (Fsp3) is 0.407. The first kappa shape index (κ1) is 25.3. The van der Waals surface area contributed by atoms with Crippen LogP contribution in [-0.2, 0) is 16.1 Å². The maximum Gasteiger partial charge on any atom is 0.273 e. The summed E-state index contributed by atoms with van der Waals surface area (Å²) in [5.41, 5.74) is 1.27. The Bertz CT molecular complexity index is 1260. The van der Waals surface area contributed by atoms with E-state index in [-0.39, 0.29) is 23.3 Å². The third-order valence-corrected chi connectivity index (χ3v) is 6.37. The second-order valence-corrected chi connectivity index (χ2v) is 10.2. The van der Waals surface area contributed by atoms with Crippen molar-refractivity contribution in [3.8, 4) is 0 Å². The Hall–Kier alpha value is -3.75. The predicted octanol–water partition coefficient (Wildman–Crippen LogP) is 3.11. The largest absolute Gasteiger partial charge is 0.353 e. The molecule has 8 nitrogen and oxygen atoms in total. The van der Waals surface area contributed by atoms with Crippen LogP contribution in [-0.4, -0.2) is 58.1 Å². The number of amides is 3. The highest BCUT2D eigenvalue weighted by Gasteiger charge is 2.34. The van der Waals surface area contributed by atoms with Crippen LogP contribution in [0.15, 0.2) is 48.5 Å². The van der Waals surface area contributed by atoms with E-state index in [4.69, 9.17) is 0 Å². The van der Waals surface area contributed by atoms with Crippen molar-refractivity contribution < 1.29 is 18.8 Å². The number of carbonyl (C=O) groups is 3. The lowest BCUT2D eigenvalue weighted by molar-refractivity contribution is -0.129. The lowest BCUT2D eigenvalue weighted by Crippen LogP contribution is -2.54. The van der Waals surface area contributed by atoms with Gasteiger partial charge in [-0.3, -0.25) is 19.1 Å². The molecule has 1 saturated heterocycles. The smallest absolute Gasteiger partial charge is 0.273 e. The molecule has 3 aromatic rings. The van der Waals surface area contributed by atoms with Gasteiger partial charge in [-0.1, -0.05) is 51.1 Å². The SMILES string of the molecule is CC(C)(C)C(NC(=O)c1nn(Cc2ccc(F)cc2)c2ccccc12)C(=O)NCCN1CCCC1=O. The zero-order valence-electron chi connectivity index (χ0n) is 20.9. The summed E-state index contributed by atoms with van der Waals surface area (Å²) in [4.78, 5) is 40.0. The van der Waals surface area contributed by atoms with Gasteiger partial charge in [0.1, 0.15) is 11.9 Å². The minimum Gasteiger partial charge on any atom is -0.353 e. The fourth-order valence-electron chi connectivity index (χ4n) is 4.41. The number of hydrogen-bond acceptors (Lipinski definition) is 4. The van der Waals surface area contributed by atoms with Gasteiger partial charge in [-0.2, -0.15) is 5.10 Å². The zero-order chi connectivity index (χ0) is 25.9. The molecule has 1 fully saturated rings. The second kappa shape index (κ2) is 10.5. The molecule has 4 rings (SSSR count). The molecule has 36 heavy (non-hydrogen) atoms. The molecule has 0 bridgehead atoms. The summed E-state index contributed by atoms with van der Waals surface area (Å²) in [6.07, 6.45) is 1.39. The van der Waals surface area contributed by atoms with Gasteiger partial charge in [0, 0.05) is 31.4 Å². The van der Waals surface area contributed by atoms with E-state index in [1.807, 2.05) is 45.0 Å². The van der Waals surface area contributed by atoms with Gasteiger partial charge >= 0.3 is 0 Å². The summed E-state index contributed by atoms with van der Waals surface area (Å²) in [6, 6.07) is 12.7. The van der Waals surface area contributed by atoms with Gasteiger partial charge in [0.25, 0.3) is 5.91 Å². The Morgan fingerprint density at radius 1 is 1.11 bits per heavy atom. The number of para-hydroxylation sites is 1. The van der Waals surface area contributed by atoms with Crippen molar-refractivity contribution in [1.82, 2.24) is 25.3 Å². The molecule has 1 atom stereocenters. The molecule has 0 saturated carbocycles. The van der Waals surface area contributed by atoms with Gasteiger partial charge in [-0.05, 0) is 35.6 Å². The normalized spacial score (nSPS) is 14.8. The van der Waals surface area contributed by atoms with E-state index >= 15 is 0 Å². The van der Waals surface area contributed by atoms with Crippen LogP contribution in [0.5, 0.6) is 0 Å². The minimum absolute atomic E-state index is 0.105. The maximum atomic E-state index is 13.4. The number of aromatic nitrogens is 2. The summed E-state index contributed by atoms with van der Waals surface area (Å²) in [7, 11) is 0. The standard InChI is InChI=1S/C27H32FN5O3/c1-27(2,3)24(26(36)29-14-16-32-15-6-9-22(32)34)30-25(35)23-20-7-4-5-8-21(20)33(31-23)17-18-10-12-19(28)13-11-18/h4-5,7-8,10-13,24H,6,9,14-17H2,1-3H3,(H,29,36)(H,30,35). The van der Waals surface area contributed by atoms with Gasteiger partial charge < -0.3 is 15.5 Å². The molecule has 2 heterocycles. The molecule has 1 aliphatic heterocycles. The van der Waals surface area contributed by atoms with Crippen molar-refractivity contribution in [2.24, 2.45) is 5.41 Å². The Morgan fingerprint density at radius 2 is 1.83 bits per heavy atom. The quantitative estimate of drug-likeness (QED) is 0.504. The van der Waals surface area contributed by atoms with Gasteiger partial charge in [0.05, 0.1) is 12.1 Å². The molecule has 1 aromatic heterocycles. The average Bonchev–Trinajstić information content (AvgIpc) is 3.41. The van der Waals surface area contributed by atoms with Crippen LogP contribution < -0.4 is 10.6 Å². The maximum absolute atomic E-state index is 13.4. The molecule has 2 N–H and O–H groups in total. The number of nitrogens with one attached hydrogen (secondary N) is 2. The van der Waals surface area contributed by atoms with E-state index in [0.717, 1.165) is 17.5 Å². The molecule has 0 radical (unpaired) electrons. The number of benzene rings is 2. The number of carbonyl (C=O) groups excluding carboxylic acids is 3. The van der Waals surface area contributed by atoms with E-state index in [0.29, 0.717) is 38.0 Å². The summed E-state index contributed by atoms with van der Waals surface area (Å²) >= 11 is 0. The summed E-state index contributed by atoms with van der Waals surface area (Å²) in [5, 5.41) is 11.0. The molecular formula is C27H32FN5O3. The number of likely N-dealkylation sites (tertiary alicyclic amines) is 1. The van der Waals surface area contributed by atoms with E-state index in [1.54, 1.807) is 21.7 Å². The second-order valence-electron chi connectivity index (χ2n) is 10.2. The van der Waals surface area contributed by atoms with E-state index in [9.17, 15) is 18.8 Å². The first-order chi connectivity index (χ1) is 17.1. The van der Waals surface area contributed by atoms with Gasteiger partial charge in [0.15, 0.2) is 5.69 Å². The highest BCUT2D eigenvalue weighted by molar-refractivity contribution is 6.06. The average molecular weight is 494 g/mol. The molecule has 3 amide bonds. The van der Waals surface area contributed by atoms with Gasteiger partial charge in [-0.15, -0.1) is 0 Å². The predicted molar refractivity (Wildman–Crippen MR) is 135 cm³/mol. The summed E-state index contributed by atoms with van der Waals surface area (Å²) in [5.74, 6) is -0.970. The van der Waals surface area contributed by atoms with Crippen molar-refractivity contribution in [3.63, 3.8) is 0 Å². The number of nitrogens with zero attached hydrogens (tertiary/aromatic N) is 3. The Kier molecular flexibility index (Phi) is 7.37. The van der Waals surface area contributed by atoms with E-state index in [2.05, 4.69) is 15.7 Å². The van der Waals surface area contributed by atoms with Crippen LogP contribution in [0.3, 0.4) is 0 Å². The van der Waals surface area contributed by atoms with E-state index < -0.39 is 17.4 Å². The highest BCUT2D eigenvalue weighted by atomic mass is 19.1. The molecule has 1 unspecified atom stereocenters. The first-order valence-corrected chi connectivity index (χ1v) is 12.2. The summed E-state index contributed by atoms with van der Waals surface area (Å²) in [6.45, 7) is 7.50. The van der Waals surface area contributed by atoms with Crippen molar-refractivity contribution >= 4 is 28.6 Å². The van der Waals surface area contributed by atoms with Crippen LogP contribution in [0.4, 0.5) is 4.39 Å². The molecule has 2 aromatic carbocycles. The van der Waals surface area contributed by atoms with Crippen molar-refractivity contribution in [1.29, 1.82) is 0 Å². The van der Waals surface area contributed by atoms with Crippen molar-refractivity contribution in [3.05, 3.63) is 65.6 Å². The Balaban J connectivity index is 1.50. The Morgan fingerprint density at radius 3 is 2.50 bits per heavy atom. The molecule has 1 aliphatic rings. The number of rotatable bonds is 8. The molecule has 190 valence electrons. The van der Waals surface area contributed by atoms with Crippen molar-refractivity contribution in [2.45, 2.75) is 46.2 Å². The first-order valence-electron chi connectivity index (χ1n) is 12.2. The molecule has 0 spiro atoms. The number of halogens is 1. The van der Waals surface area contributed by atoms with Crippen LogP contribution >= 0.6 is 0 Å². The van der Waals surface area contributed by atoms with Gasteiger partial charge in [-0.25, -0.2) is 4.39 Å². The third kappa shape index (κ3) is 5.72. The van der Waals surface area contributed by atoms with Crippen LogP contribution in [0.25, 0.3) is 10.9 Å². The zero-order valence-corrected chi connectivity index (χ0v) is 20.9. The Labute approximate surface area is 209 Å². The number of hydrogen-bond donors (Lipinski definition) is 2. The topological polar surface area (TPSA) is 96.3 Å². The fourth-order valence-corrected chi connectivity index (χ4v) is 4.41. The van der Waals surface area contributed by atoms with Crippen LogP contribution in [0.2, 0.25) is 0 Å². The number of fused-ring (bicyclic) bond motifs is 1. The summed E-state index contributed by atoms with van der Waals surface area (Å²) < 4.78 is 15.0. The lowest BCUT2D eigenvalue weighted by atomic mass is 9.86. The monoisotopic (exact) mass is 493 g/mol. The lowest BCUT2D eigenvalue weighted by Gasteiger charge is -2.30. The van der Waals surface area contributed by atoms with Crippen LogP contribution in [0, 0.1) is 11.2 Å². The molecule has 9 heteroatoms. The van der Waals surface area contributed by atoms with Crippen molar-refractivity contribution in [2.75, 3.05) is 19.6 Å². The minimum atomic E-state index is -0.805. The molecule has 0 aliphatic carbocycles. The third-order valence-electron chi connectivity index (χ3n) is 6.37. The highest BCUT2D eigenvalue weighted by Crippen LogP contribution is 2.23. The van der Waals surface area contributed by atoms with Crippen LogP contribution in [0.1, 0.15) is 49.7 Å².